The van der Waals surface area contributed by atoms with Crippen LogP contribution in [0.5, 0.6) is 5.75 Å². The Morgan fingerprint density at radius 1 is 1.26 bits per heavy atom. The first-order chi connectivity index (χ1) is 11.1. The first-order valence-corrected chi connectivity index (χ1v) is 7.62. The minimum atomic E-state index is -0.961. The quantitative estimate of drug-likeness (QED) is 0.699. The summed E-state index contributed by atoms with van der Waals surface area (Å²) < 4.78 is 5.39. The lowest BCUT2D eigenvalue weighted by Gasteiger charge is -2.24. The van der Waals surface area contributed by atoms with Crippen molar-refractivity contribution in [1.29, 1.82) is 0 Å². The first kappa shape index (κ1) is 17.0. The molecule has 6 heteroatoms. The van der Waals surface area contributed by atoms with Crippen LogP contribution in [0, 0.1) is 11.8 Å². The number of allylic oxidation sites excluding steroid dienone is 2. The molecule has 1 amide bonds. The van der Waals surface area contributed by atoms with Crippen molar-refractivity contribution in [1.82, 2.24) is 0 Å². The molecule has 6 nitrogen and oxygen atoms in total. The van der Waals surface area contributed by atoms with E-state index in [4.69, 9.17) is 4.74 Å². The van der Waals surface area contributed by atoms with E-state index in [1.807, 2.05) is 13.0 Å². The molecule has 0 fully saturated rings. The van der Waals surface area contributed by atoms with E-state index in [1.165, 1.54) is 0 Å². The van der Waals surface area contributed by atoms with Gasteiger partial charge in [-0.3, -0.25) is 9.59 Å². The number of benzene rings is 1. The molecule has 0 saturated heterocycles. The smallest absolute Gasteiger partial charge is 0.307 e. The Kier molecular flexibility index (Phi) is 5.76. The highest BCUT2D eigenvalue weighted by atomic mass is 16.5. The van der Waals surface area contributed by atoms with Gasteiger partial charge in [-0.05, 0) is 38.0 Å². The van der Waals surface area contributed by atoms with Gasteiger partial charge in [-0.2, -0.15) is 0 Å². The topological polar surface area (TPSA) is 95.9 Å². The van der Waals surface area contributed by atoms with Crippen molar-refractivity contribution in [2.24, 2.45) is 11.8 Å². The van der Waals surface area contributed by atoms with Crippen LogP contribution >= 0.6 is 0 Å². The Morgan fingerprint density at radius 2 is 1.96 bits per heavy atom. The number of hydrogen-bond acceptors (Lipinski definition) is 4. The van der Waals surface area contributed by atoms with Crippen LogP contribution in [0.25, 0.3) is 0 Å². The van der Waals surface area contributed by atoms with Crippen molar-refractivity contribution in [3.05, 3.63) is 35.9 Å². The fraction of sp³-hybridized carbons (Fsp3) is 0.412. The van der Waals surface area contributed by atoms with E-state index in [9.17, 15) is 19.8 Å². The molecule has 23 heavy (non-hydrogen) atoms. The Bertz CT molecular complexity index is 611. The molecular formula is C17H21NO5. The van der Waals surface area contributed by atoms with Gasteiger partial charge in [0.25, 0.3) is 0 Å². The summed E-state index contributed by atoms with van der Waals surface area (Å²) in [5.41, 5.74) is 1.09. The minimum absolute atomic E-state index is 0.205. The fourth-order valence-corrected chi connectivity index (χ4v) is 2.69. The maximum Gasteiger partial charge on any atom is 0.307 e. The lowest BCUT2D eigenvalue weighted by atomic mass is 9.82. The van der Waals surface area contributed by atoms with E-state index in [0.29, 0.717) is 36.4 Å². The molecule has 0 unspecified atom stereocenters. The van der Waals surface area contributed by atoms with Gasteiger partial charge in [0.1, 0.15) is 5.75 Å². The van der Waals surface area contributed by atoms with Crippen LogP contribution in [0.15, 0.2) is 30.4 Å². The lowest BCUT2D eigenvalue weighted by Crippen LogP contribution is -2.34. The van der Waals surface area contributed by atoms with E-state index >= 15 is 0 Å². The van der Waals surface area contributed by atoms with Crippen molar-refractivity contribution in [2.45, 2.75) is 26.4 Å². The van der Waals surface area contributed by atoms with Crippen molar-refractivity contribution >= 4 is 17.6 Å². The molecule has 0 saturated carbocycles. The Hall–Kier alpha value is -2.34. The van der Waals surface area contributed by atoms with Crippen molar-refractivity contribution in [3.63, 3.8) is 0 Å². The maximum absolute atomic E-state index is 12.4. The third-order valence-electron chi connectivity index (χ3n) is 3.88. The van der Waals surface area contributed by atoms with Crippen LogP contribution in [0.1, 0.15) is 25.3 Å². The summed E-state index contributed by atoms with van der Waals surface area (Å²) in [6.45, 7) is 2.12. The standard InChI is InChI=1S/C17H21NO5/c1-2-23-15-8-7-12(9-11(15)10-19)18-16(20)13-5-3-4-6-14(13)17(21)22/h3-4,7-9,13-14,19H,2,5-6,10H2,1H3,(H,18,20)(H,21,22)/t13-,14+/m0/s1. The SMILES string of the molecule is CCOc1ccc(NC(=O)[C@H]2CC=CC[C@H]2C(=O)O)cc1CO. The second-order valence-corrected chi connectivity index (χ2v) is 5.40. The molecule has 0 bridgehead atoms. The van der Waals surface area contributed by atoms with Gasteiger partial charge >= 0.3 is 5.97 Å². The highest BCUT2D eigenvalue weighted by Crippen LogP contribution is 2.28. The number of carbonyl (C=O) groups excluding carboxylic acids is 1. The summed E-state index contributed by atoms with van der Waals surface area (Å²) in [7, 11) is 0. The number of rotatable bonds is 6. The van der Waals surface area contributed by atoms with E-state index in [1.54, 1.807) is 24.3 Å². The van der Waals surface area contributed by atoms with Crippen LogP contribution in [0.2, 0.25) is 0 Å². The number of anilines is 1. The normalized spacial score (nSPS) is 20.1. The van der Waals surface area contributed by atoms with Crippen molar-refractivity contribution in [2.75, 3.05) is 11.9 Å². The first-order valence-electron chi connectivity index (χ1n) is 7.62. The van der Waals surface area contributed by atoms with Crippen LogP contribution in [0.4, 0.5) is 5.69 Å². The third-order valence-corrected chi connectivity index (χ3v) is 3.88. The highest BCUT2D eigenvalue weighted by Gasteiger charge is 2.33. The average Bonchev–Trinajstić information content (AvgIpc) is 2.56. The largest absolute Gasteiger partial charge is 0.494 e. The molecule has 1 aromatic carbocycles. The zero-order valence-corrected chi connectivity index (χ0v) is 13.0. The van der Waals surface area contributed by atoms with Gasteiger partial charge in [-0.25, -0.2) is 0 Å². The summed E-state index contributed by atoms with van der Waals surface area (Å²) in [4.78, 5) is 23.7. The molecule has 1 aromatic rings. The number of aliphatic carboxylic acids is 1. The van der Waals surface area contributed by atoms with Crippen LogP contribution in [-0.4, -0.2) is 28.7 Å². The summed E-state index contributed by atoms with van der Waals surface area (Å²) in [6.07, 6.45) is 4.40. The predicted molar refractivity (Wildman–Crippen MR) is 85.2 cm³/mol. The molecule has 1 aliphatic rings. The molecular weight excluding hydrogens is 298 g/mol. The Morgan fingerprint density at radius 3 is 2.57 bits per heavy atom. The number of aliphatic hydroxyl groups is 1. The van der Waals surface area contributed by atoms with Gasteiger partial charge in [0.2, 0.25) is 5.91 Å². The summed E-state index contributed by atoms with van der Waals surface area (Å²) in [5, 5.41) is 21.4. The number of carbonyl (C=O) groups is 2. The lowest BCUT2D eigenvalue weighted by molar-refractivity contribution is -0.146. The molecule has 0 radical (unpaired) electrons. The van der Waals surface area contributed by atoms with Gasteiger partial charge in [0, 0.05) is 11.3 Å². The molecule has 1 aliphatic carbocycles. The van der Waals surface area contributed by atoms with E-state index in [-0.39, 0.29) is 12.5 Å². The molecule has 0 aromatic heterocycles. The number of hydrogen-bond donors (Lipinski definition) is 3. The third kappa shape index (κ3) is 4.10. The number of aliphatic hydroxyl groups excluding tert-OH is 1. The number of ether oxygens (including phenoxy) is 1. The van der Waals surface area contributed by atoms with Crippen LogP contribution < -0.4 is 10.1 Å². The van der Waals surface area contributed by atoms with E-state index < -0.39 is 17.8 Å². The molecule has 0 heterocycles. The zero-order valence-electron chi connectivity index (χ0n) is 13.0. The number of amides is 1. The van der Waals surface area contributed by atoms with Crippen LogP contribution in [0.3, 0.4) is 0 Å². The average molecular weight is 319 g/mol. The Balaban J connectivity index is 2.13. The van der Waals surface area contributed by atoms with E-state index in [0.717, 1.165) is 0 Å². The van der Waals surface area contributed by atoms with Gasteiger partial charge in [0.15, 0.2) is 0 Å². The highest BCUT2D eigenvalue weighted by molar-refractivity contribution is 5.95. The Labute approximate surface area is 134 Å². The summed E-state index contributed by atoms with van der Waals surface area (Å²) >= 11 is 0. The molecule has 2 rings (SSSR count). The molecule has 2 atom stereocenters. The van der Waals surface area contributed by atoms with Gasteiger partial charge in [-0.1, -0.05) is 12.2 Å². The molecule has 0 spiro atoms. The van der Waals surface area contributed by atoms with Crippen molar-refractivity contribution < 1.29 is 24.5 Å². The van der Waals surface area contributed by atoms with E-state index in [2.05, 4.69) is 5.32 Å². The fourth-order valence-electron chi connectivity index (χ4n) is 2.69. The van der Waals surface area contributed by atoms with Gasteiger partial charge in [0.05, 0.1) is 25.0 Å². The summed E-state index contributed by atoms with van der Waals surface area (Å²) in [6, 6.07) is 4.99. The molecule has 3 N–H and O–H groups in total. The summed E-state index contributed by atoms with van der Waals surface area (Å²) in [5.74, 6) is -2.02. The molecule has 0 aliphatic heterocycles. The minimum Gasteiger partial charge on any atom is -0.494 e. The number of nitrogens with one attached hydrogen (secondary N) is 1. The van der Waals surface area contributed by atoms with Gasteiger partial charge < -0.3 is 20.3 Å². The number of carboxylic acid groups (broad SMARTS) is 1. The van der Waals surface area contributed by atoms with Crippen molar-refractivity contribution in [3.8, 4) is 5.75 Å². The maximum atomic E-state index is 12.4. The zero-order chi connectivity index (χ0) is 16.8. The van der Waals surface area contributed by atoms with Gasteiger partial charge in [-0.15, -0.1) is 0 Å². The second kappa shape index (κ2) is 7.78. The predicted octanol–water partition coefficient (Wildman–Crippen LogP) is 2.18. The number of carboxylic acids is 1. The van der Waals surface area contributed by atoms with Crippen LogP contribution in [-0.2, 0) is 16.2 Å². The molecule has 124 valence electrons. The monoisotopic (exact) mass is 319 g/mol. The second-order valence-electron chi connectivity index (χ2n) is 5.40.